The van der Waals surface area contributed by atoms with Gasteiger partial charge in [0.25, 0.3) is 0 Å². The Morgan fingerprint density at radius 3 is 2.55 bits per heavy atom. The van der Waals surface area contributed by atoms with Crippen LogP contribution in [0.4, 0.5) is 4.39 Å². The fourth-order valence-corrected chi connectivity index (χ4v) is 1.58. The lowest BCUT2D eigenvalue weighted by Crippen LogP contribution is -2.35. The monoisotopic (exact) mass is 283 g/mol. The Bertz CT molecular complexity index is 469. The van der Waals surface area contributed by atoms with E-state index in [2.05, 4.69) is 5.32 Å². The molecule has 2 N–H and O–H groups in total. The first-order chi connectivity index (χ1) is 9.23. The van der Waals surface area contributed by atoms with Crippen molar-refractivity contribution in [3.63, 3.8) is 0 Å². The summed E-state index contributed by atoms with van der Waals surface area (Å²) in [5.41, 5.74) is 0.732. The minimum atomic E-state index is -1.09. The van der Waals surface area contributed by atoms with E-state index in [-0.39, 0.29) is 17.7 Å². The Balaban J connectivity index is 2.75. The zero-order valence-corrected chi connectivity index (χ0v) is 12.4. The molecule has 4 nitrogen and oxygen atoms in total. The summed E-state index contributed by atoms with van der Waals surface area (Å²) in [6, 6.07) is 4.56. The molecule has 1 atom stereocenters. The van der Waals surface area contributed by atoms with Crippen LogP contribution < -0.4 is 10.1 Å². The number of benzene rings is 1. The molecule has 0 amide bonds. The molecule has 0 aromatic heterocycles. The Morgan fingerprint density at radius 1 is 1.45 bits per heavy atom. The van der Waals surface area contributed by atoms with Gasteiger partial charge in [-0.25, -0.2) is 9.18 Å². The number of ether oxygens (including phenoxy) is 1. The van der Waals surface area contributed by atoms with Crippen LogP contribution in [0.25, 0.3) is 0 Å². The summed E-state index contributed by atoms with van der Waals surface area (Å²) in [6.45, 7) is 8.30. The van der Waals surface area contributed by atoms with Crippen molar-refractivity contribution in [3.05, 3.63) is 29.6 Å². The lowest BCUT2D eigenvalue weighted by atomic mass is 10.1. The molecule has 0 saturated heterocycles. The van der Waals surface area contributed by atoms with Gasteiger partial charge in [-0.2, -0.15) is 0 Å². The molecule has 5 heteroatoms. The second-order valence-electron chi connectivity index (χ2n) is 5.72. The second kappa shape index (κ2) is 6.70. The second-order valence-corrected chi connectivity index (χ2v) is 5.72. The summed E-state index contributed by atoms with van der Waals surface area (Å²) >= 11 is 0. The summed E-state index contributed by atoms with van der Waals surface area (Å²) in [7, 11) is 0. The number of carboxylic acids is 1. The van der Waals surface area contributed by atoms with Crippen molar-refractivity contribution in [1.29, 1.82) is 0 Å². The quantitative estimate of drug-likeness (QED) is 0.842. The molecule has 0 aliphatic heterocycles. The molecule has 1 aromatic carbocycles. The van der Waals surface area contributed by atoms with Crippen molar-refractivity contribution in [2.75, 3.05) is 0 Å². The highest BCUT2D eigenvalue weighted by molar-refractivity contribution is 5.72. The first kappa shape index (κ1) is 16.4. The molecule has 1 rings (SSSR count). The van der Waals surface area contributed by atoms with Crippen LogP contribution in [0.1, 0.15) is 39.7 Å². The van der Waals surface area contributed by atoms with Crippen LogP contribution >= 0.6 is 0 Å². The maximum Gasteiger partial charge on any atom is 0.344 e. The number of carbonyl (C=O) groups is 1. The van der Waals surface area contributed by atoms with E-state index in [1.165, 1.54) is 12.1 Å². The van der Waals surface area contributed by atoms with E-state index in [0.717, 1.165) is 5.56 Å². The van der Waals surface area contributed by atoms with Crippen LogP contribution in [0, 0.1) is 5.82 Å². The Morgan fingerprint density at radius 2 is 2.10 bits per heavy atom. The van der Waals surface area contributed by atoms with Gasteiger partial charge in [0.2, 0.25) is 0 Å². The SMILES string of the molecule is CCC(Oc1ccc(CNC(C)(C)C)cc1F)C(=O)O. The van der Waals surface area contributed by atoms with E-state index in [1.54, 1.807) is 13.0 Å². The third-order valence-corrected chi connectivity index (χ3v) is 2.73. The number of hydrogen-bond acceptors (Lipinski definition) is 3. The zero-order valence-electron chi connectivity index (χ0n) is 12.4. The average molecular weight is 283 g/mol. The van der Waals surface area contributed by atoms with Gasteiger partial charge in [-0.1, -0.05) is 13.0 Å². The highest BCUT2D eigenvalue weighted by atomic mass is 19.1. The van der Waals surface area contributed by atoms with Crippen LogP contribution in [0.15, 0.2) is 18.2 Å². The normalized spacial score (nSPS) is 13.1. The van der Waals surface area contributed by atoms with Gasteiger partial charge >= 0.3 is 5.97 Å². The van der Waals surface area contributed by atoms with Crippen molar-refractivity contribution in [2.24, 2.45) is 0 Å². The van der Waals surface area contributed by atoms with Crippen LogP contribution in [0.3, 0.4) is 0 Å². The molecule has 0 heterocycles. The smallest absolute Gasteiger partial charge is 0.344 e. The molecule has 0 aliphatic carbocycles. The van der Waals surface area contributed by atoms with E-state index in [1.807, 2.05) is 20.8 Å². The van der Waals surface area contributed by atoms with Gasteiger partial charge in [-0.15, -0.1) is 0 Å². The number of hydrogen-bond donors (Lipinski definition) is 2. The molecule has 1 unspecified atom stereocenters. The summed E-state index contributed by atoms with van der Waals surface area (Å²) in [6.07, 6.45) is -0.745. The summed E-state index contributed by atoms with van der Waals surface area (Å²) < 4.78 is 19.0. The standard InChI is InChI=1S/C15H22FNO3/c1-5-12(14(18)19)20-13-7-6-10(8-11(13)16)9-17-15(2,3)4/h6-8,12,17H,5,9H2,1-4H3,(H,18,19). The molecule has 0 saturated carbocycles. The maximum atomic E-state index is 13.9. The molecular weight excluding hydrogens is 261 g/mol. The van der Waals surface area contributed by atoms with E-state index in [0.29, 0.717) is 6.54 Å². The van der Waals surface area contributed by atoms with Crippen molar-refractivity contribution in [2.45, 2.75) is 52.3 Å². The topological polar surface area (TPSA) is 58.6 Å². The lowest BCUT2D eigenvalue weighted by Gasteiger charge is -2.21. The lowest BCUT2D eigenvalue weighted by molar-refractivity contribution is -0.145. The van der Waals surface area contributed by atoms with Crippen LogP contribution in [-0.2, 0) is 11.3 Å². The first-order valence-electron chi connectivity index (χ1n) is 6.66. The number of halogens is 1. The van der Waals surface area contributed by atoms with E-state index >= 15 is 0 Å². The molecule has 0 fully saturated rings. The van der Waals surface area contributed by atoms with Crippen molar-refractivity contribution >= 4 is 5.97 Å². The number of carboxylic acid groups (broad SMARTS) is 1. The minimum Gasteiger partial charge on any atom is -0.479 e. The fraction of sp³-hybridized carbons (Fsp3) is 0.533. The first-order valence-corrected chi connectivity index (χ1v) is 6.66. The fourth-order valence-electron chi connectivity index (χ4n) is 1.58. The van der Waals surface area contributed by atoms with Gasteiger partial charge in [0, 0.05) is 12.1 Å². The van der Waals surface area contributed by atoms with Gasteiger partial charge in [0.05, 0.1) is 0 Å². The highest BCUT2D eigenvalue weighted by Crippen LogP contribution is 2.21. The number of aliphatic carboxylic acids is 1. The molecule has 112 valence electrons. The van der Waals surface area contributed by atoms with E-state index < -0.39 is 17.9 Å². The van der Waals surface area contributed by atoms with Crippen molar-refractivity contribution in [1.82, 2.24) is 5.32 Å². The summed E-state index contributed by atoms with van der Waals surface area (Å²) in [4.78, 5) is 10.9. The van der Waals surface area contributed by atoms with Crippen molar-refractivity contribution in [3.8, 4) is 5.75 Å². The van der Waals surface area contributed by atoms with Crippen LogP contribution in [-0.4, -0.2) is 22.7 Å². The van der Waals surface area contributed by atoms with Gasteiger partial charge in [0.15, 0.2) is 17.7 Å². The molecule has 0 aliphatic rings. The summed E-state index contributed by atoms with van der Waals surface area (Å²) in [5.74, 6) is -1.66. The molecule has 0 spiro atoms. The average Bonchev–Trinajstić information content (AvgIpc) is 2.34. The number of nitrogens with one attached hydrogen (secondary N) is 1. The van der Waals surface area contributed by atoms with Crippen LogP contribution in [0.2, 0.25) is 0 Å². The number of rotatable bonds is 6. The maximum absolute atomic E-state index is 13.9. The van der Waals surface area contributed by atoms with Gasteiger partial charge in [-0.05, 0) is 44.9 Å². The van der Waals surface area contributed by atoms with Gasteiger partial charge in [0.1, 0.15) is 0 Å². The predicted octanol–water partition coefficient (Wildman–Crippen LogP) is 2.96. The minimum absolute atomic E-state index is 0.0289. The molecule has 0 bridgehead atoms. The van der Waals surface area contributed by atoms with Crippen LogP contribution in [0.5, 0.6) is 5.75 Å². The third-order valence-electron chi connectivity index (χ3n) is 2.73. The van der Waals surface area contributed by atoms with E-state index in [4.69, 9.17) is 9.84 Å². The molecular formula is C15H22FNO3. The van der Waals surface area contributed by atoms with Crippen molar-refractivity contribution < 1.29 is 19.0 Å². The highest BCUT2D eigenvalue weighted by Gasteiger charge is 2.19. The Kier molecular flexibility index (Phi) is 5.51. The summed E-state index contributed by atoms with van der Waals surface area (Å²) in [5, 5.41) is 12.1. The van der Waals surface area contributed by atoms with Gasteiger partial charge in [-0.3, -0.25) is 0 Å². The zero-order chi connectivity index (χ0) is 15.3. The molecule has 20 heavy (non-hydrogen) atoms. The third kappa shape index (κ3) is 5.17. The Hall–Kier alpha value is -1.62. The largest absolute Gasteiger partial charge is 0.479 e. The predicted molar refractivity (Wildman–Crippen MR) is 75.3 cm³/mol. The Labute approximate surface area is 119 Å². The van der Waals surface area contributed by atoms with Gasteiger partial charge < -0.3 is 15.2 Å². The van der Waals surface area contributed by atoms with E-state index in [9.17, 15) is 9.18 Å². The molecule has 0 radical (unpaired) electrons. The molecule has 1 aromatic rings.